The van der Waals surface area contributed by atoms with Crippen molar-refractivity contribution in [1.29, 1.82) is 0 Å². The molecule has 34 heavy (non-hydrogen) atoms. The Kier molecular flexibility index (Phi) is 7.02. The van der Waals surface area contributed by atoms with Crippen molar-refractivity contribution in [2.75, 3.05) is 4.90 Å². The van der Waals surface area contributed by atoms with E-state index >= 15 is 0 Å². The summed E-state index contributed by atoms with van der Waals surface area (Å²) in [7, 11) is 0. The number of hydrogen-bond donors (Lipinski definition) is 0. The topological polar surface area (TPSA) is 3.24 Å². The van der Waals surface area contributed by atoms with Crippen molar-refractivity contribution in [3.05, 3.63) is 131 Å². The number of benzene rings is 4. The highest BCUT2D eigenvalue weighted by atomic mass is 127. The van der Waals surface area contributed by atoms with Gasteiger partial charge >= 0.3 is 0 Å². The molecule has 0 saturated heterocycles. The second-order valence-electron chi connectivity index (χ2n) is 8.54. The van der Waals surface area contributed by atoms with Crippen molar-refractivity contribution in [3.8, 4) is 22.3 Å². The van der Waals surface area contributed by atoms with E-state index in [-0.39, 0.29) is 0 Å². The van der Waals surface area contributed by atoms with Crippen molar-refractivity contribution in [3.63, 3.8) is 0 Å². The van der Waals surface area contributed by atoms with Crippen LogP contribution in [-0.2, 0) is 0 Å². The molecule has 0 heterocycles. The van der Waals surface area contributed by atoms with Crippen molar-refractivity contribution in [1.82, 2.24) is 0 Å². The molecule has 0 radical (unpaired) electrons. The predicted molar refractivity (Wildman–Crippen MR) is 158 cm³/mol. The monoisotopic (exact) mass is 617 g/mol. The van der Waals surface area contributed by atoms with Gasteiger partial charge in [-0.05, 0) is 78.1 Å². The Labute approximate surface area is 224 Å². The Morgan fingerprint density at radius 3 is 1.59 bits per heavy atom. The van der Waals surface area contributed by atoms with Gasteiger partial charge in [0.25, 0.3) is 0 Å². The summed E-state index contributed by atoms with van der Waals surface area (Å²) in [6.45, 7) is 2.13. The van der Waals surface area contributed by atoms with E-state index in [9.17, 15) is 0 Å². The van der Waals surface area contributed by atoms with Crippen LogP contribution in [-0.4, -0.2) is 3.92 Å². The van der Waals surface area contributed by atoms with Crippen LogP contribution in [0.3, 0.4) is 0 Å². The molecule has 0 aliphatic heterocycles. The smallest absolute Gasteiger partial charge is 0.0461 e. The van der Waals surface area contributed by atoms with E-state index in [1.54, 1.807) is 0 Å². The van der Waals surface area contributed by atoms with Crippen LogP contribution in [0.1, 0.15) is 12.0 Å². The number of anilines is 2. The van der Waals surface area contributed by atoms with Gasteiger partial charge in [0.15, 0.2) is 0 Å². The lowest BCUT2D eigenvalue weighted by Crippen LogP contribution is -2.17. The molecule has 0 N–H and O–H groups in total. The first-order valence-corrected chi connectivity index (χ1v) is 13.5. The molecule has 4 aromatic carbocycles. The van der Waals surface area contributed by atoms with Crippen LogP contribution < -0.4 is 4.90 Å². The lowest BCUT2D eigenvalue weighted by Gasteiger charge is -2.28. The SMILES string of the molecule is Cc1ccc(N(C2=CCC(I)C=C2)c2ccc(-c3ccc(-c4ccc(Br)cc4)cc3)cc2)cc1. The lowest BCUT2D eigenvalue weighted by molar-refractivity contribution is 1.04. The molecule has 5 rings (SSSR count). The summed E-state index contributed by atoms with van der Waals surface area (Å²) in [6, 6.07) is 34.9. The fourth-order valence-corrected chi connectivity index (χ4v) is 4.92. The first-order chi connectivity index (χ1) is 16.6. The number of halogens is 2. The van der Waals surface area contributed by atoms with Gasteiger partial charge in [-0.2, -0.15) is 0 Å². The minimum atomic E-state index is 0.559. The van der Waals surface area contributed by atoms with Crippen LogP contribution in [0.5, 0.6) is 0 Å². The number of aryl methyl sites for hydroxylation is 1. The van der Waals surface area contributed by atoms with Gasteiger partial charge in [-0.25, -0.2) is 0 Å². The van der Waals surface area contributed by atoms with Gasteiger partial charge in [-0.1, -0.05) is 117 Å². The van der Waals surface area contributed by atoms with Gasteiger partial charge in [0.1, 0.15) is 0 Å². The number of hydrogen-bond acceptors (Lipinski definition) is 1. The maximum absolute atomic E-state index is 3.51. The van der Waals surface area contributed by atoms with E-state index in [0.29, 0.717) is 3.92 Å². The van der Waals surface area contributed by atoms with E-state index in [0.717, 1.165) is 10.9 Å². The molecular weight excluding hydrogens is 593 g/mol. The summed E-state index contributed by atoms with van der Waals surface area (Å²) < 4.78 is 1.66. The molecule has 4 aromatic rings. The Balaban J connectivity index is 1.43. The van der Waals surface area contributed by atoms with E-state index in [2.05, 4.69) is 166 Å². The summed E-state index contributed by atoms with van der Waals surface area (Å²) in [5, 5.41) is 0. The van der Waals surface area contributed by atoms with E-state index in [4.69, 9.17) is 0 Å². The minimum absolute atomic E-state index is 0.559. The fraction of sp³-hybridized carbons (Fsp3) is 0.0968. The van der Waals surface area contributed by atoms with E-state index < -0.39 is 0 Å². The Morgan fingerprint density at radius 1 is 0.676 bits per heavy atom. The predicted octanol–water partition coefficient (Wildman–Crippen LogP) is 9.88. The van der Waals surface area contributed by atoms with Gasteiger partial charge < -0.3 is 4.90 Å². The third kappa shape index (κ3) is 5.21. The normalized spacial score (nSPS) is 15.1. The largest absolute Gasteiger partial charge is 0.311 e. The summed E-state index contributed by atoms with van der Waals surface area (Å²) in [5.41, 5.74) is 9.73. The van der Waals surface area contributed by atoms with Crippen LogP contribution in [0.15, 0.2) is 125 Å². The molecule has 1 aliphatic rings. The summed E-state index contributed by atoms with van der Waals surface area (Å²) in [5.74, 6) is 0. The van der Waals surface area contributed by atoms with Gasteiger partial charge in [-0.15, -0.1) is 0 Å². The first kappa shape index (κ1) is 23.1. The zero-order valence-electron chi connectivity index (χ0n) is 19.0. The molecule has 1 aliphatic carbocycles. The van der Waals surface area contributed by atoms with Crippen LogP contribution in [0, 0.1) is 6.92 Å². The maximum atomic E-state index is 3.51. The fourth-order valence-electron chi connectivity index (χ4n) is 4.19. The van der Waals surface area contributed by atoms with E-state index in [1.807, 2.05) is 0 Å². The van der Waals surface area contributed by atoms with Crippen molar-refractivity contribution < 1.29 is 0 Å². The Morgan fingerprint density at radius 2 is 1.12 bits per heavy atom. The van der Waals surface area contributed by atoms with E-state index in [1.165, 1.54) is 44.9 Å². The second kappa shape index (κ2) is 10.3. The number of allylic oxidation sites excluding steroid dienone is 3. The van der Waals surface area contributed by atoms with Gasteiger partial charge in [0.2, 0.25) is 0 Å². The molecule has 0 spiro atoms. The van der Waals surface area contributed by atoms with Crippen molar-refractivity contribution in [2.45, 2.75) is 17.3 Å². The summed E-state index contributed by atoms with van der Waals surface area (Å²) >= 11 is 6.00. The Hall–Kier alpha value is -2.63. The highest BCUT2D eigenvalue weighted by Gasteiger charge is 2.16. The van der Waals surface area contributed by atoms with Gasteiger partial charge in [0.05, 0.1) is 0 Å². The van der Waals surface area contributed by atoms with Crippen LogP contribution in [0.25, 0.3) is 22.3 Å². The average Bonchev–Trinajstić information content (AvgIpc) is 2.88. The van der Waals surface area contributed by atoms with Crippen molar-refractivity contribution >= 4 is 49.9 Å². The quantitative estimate of drug-likeness (QED) is 0.159. The van der Waals surface area contributed by atoms with Crippen LogP contribution >= 0.6 is 38.5 Å². The molecule has 1 unspecified atom stereocenters. The summed E-state index contributed by atoms with van der Waals surface area (Å²) in [6.07, 6.45) is 7.93. The second-order valence-corrected chi connectivity index (χ2v) is 11.1. The maximum Gasteiger partial charge on any atom is 0.0461 e. The molecule has 0 fully saturated rings. The van der Waals surface area contributed by atoms with Crippen molar-refractivity contribution in [2.24, 2.45) is 0 Å². The zero-order valence-corrected chi connectivity index (χ0v) is 22.7. The third-order valence-electron chi connectivity index (χ3n) is 6.10. The highest BCUT2D eigenvalue weighted by Crippen LogP contribution is 2.35. The molecule has 3 heteroatoms. The molecule has 168 valence electrons. The number of nitrogens with zero attached hydrogens (tertiary/aromatic N) is 1. The molecule has 1 atom stereocenters. The minimum Gasteiger partial charge on any atom is -0.311 e. The van der Waals surface area contributed by atoms with Gasteiger partial charge in [-0.3, -0.25) is 0 Å². The first-order valence-electron chi connectivity index (χ1n) is 11.4. The standard InChI is InChI=1S/C31H25BrIN/c1-22-2-16-29(17-3-22)34(31-20-14-28(33)15-21-31)30-18-10-26(11-19-30)24-6-4-23(5-7-24)25-8-12-27(32)13-9-25/h2-14,16-21,28H,15H2,1H3. The average molecular weight is 618 g/mol. The molecule has 0 bridgehead atoms. The molecule has 1 nitrogen and oxygen atoms in total. The summed E-state index contributed by atoms with van der Waals surface area (Å²) in [4.78, 5) is 2.35. The molecular formula is C31H25BrIN. The van der Waals surface area contributed by atoms with Gasteiger partial charge in [0, 0.05) is 25.5 Å². The Bertz CT molecular complexity index is 1320. The number of alkyl halides is 1. The number of rotatable bonds is 5. The van der Waals surface area contributed by atoms with Crippen LogP contribution in [0.4, 0.5) is 11.4 Å². The zero-order chi connectivity index (χ0) is 23.5. The highest BCUT2D eigenvalue weighted by molar-refractivity contribution is 14.1. The molecule has 0 amide bonds. The third-order valence-corrected chi connectivity index (χ3v) is 7.55. The molecule has 0 saturated carbocycles. The lowest BCUT2D eigenvalue weighted by atomic mass is 10.00. The van der Waals surface area contributed by atoms with Crippen LogP contribution in [0.2, 0.25) is 0 Å². The molecule has 0 aromatic heterocycles.